The Morgan fingerprint density at radius 2 is 1.15 bits per heavy atom. The van der Waals surface area contributed by atoms with Crippen molar-refractivity contribution in [3.05, 3.63) is 108 Å². The van der Waals surface area contributed by atoms with Gasteiger partial charge in [-0.15, -0.1) is 0 Å². The van der Waals surface area contributed by atoms with Gasteiger partial charge < -0.3 is 14.2 Å². The number of ether oxygens (including phenoxy) is 3. The minimum Gasteiger partial charge on any atom is -0.361 e. The van der Waals surface area contributed by atoms with Gasteiger partial charge in [-0.3, -0.25) is 0 Å². The summed E-state index contributed by atoms with van der Waals surface area (Å²) in [5.41, 5.74) is 2.85. The summed E-state index contributed by atoms with van der Waals surface area (Å²) in [6.45, 7) is 2.33. The van der Waals surface area contributed by atoms with Crippen LogP contribution in [0, 0.1) is 0 Å². The average molecular weight is 445 g/mol. The molecule has 0 aromatic heterocycles. The molecule has 0 saturated carbocycles. The fraction of sp³-hybridized carbons (Fsp3) is 0.400. The lowest BCUT2D eigenvalue weighted by molar-refractivity contribution is -0.162. The van der Waals surface area contributed by atoms with Gasteiger partial charge in [-0.25, -0.2) is 0 Å². The summed E-state index contributed by atoms with van der Waals surface area (Å²) < 4.78 is 18.3. The summed E-state index contributed by atoms with van der Waals surface area (Å²) in [6.07, 6.45) is 7.80. The van der Waals surface area contributed by atoms with E-state index in [9.17, 15) is 0 Å². The molecule has 0 amide bonds. The van der Waals surface area contributed by atoms with E-state index in [1.165, 1.54) is 6.42 Å². The van der Waals surface area contributed by atoms with Crippen LogP contribution in [-0.2, 0) is 19.8 Å². The van der Waals surface area contributed by atoms with Crippen LogP contribution >= 0.6 is 0 Å². The van der Waals surface area contributed by atoms with E-state index in [-0.39, 0.29) is 6.29 Å². The molecule has 0 radical (unpaired) electrons. The first-order valence-electron chi connectivity index (χ1n) is 12.4. The molecule has 1 atom stereocenters. The lowest BCUT2D eigenvalue weighted by Crippen LogP contribution is -2.33. The molecule has 3 aromatic rings. The van der Waals surface area contributed by atoms with Gasteiger partial charge in [0.05, 0.1) is 0 Å². The molecule has 1 aliphatic heterocycles. The summed E-state index contributed by atoms with van der Waals surface area (Å²) in [5.74, 6) is 0. The lowest BCUT2D eigenvalue weighted by atomic mass is 9.80. The normalized spacial score (nSPS) is 16.5. The average Bonchev–Trinajstić information content (AvgIpc) is 2.90. The maximum absolute atomic E-state index is 6.84. The monoisotopic (exact) mass is 444 g/mol. The lowest BCUT2D eigenvalue weighted by Gasteiger charge is -2.36. The topological polar surface area (TPSA) is 27.7 Å². The zero-order valence-corrected chi connectivity index (χ0v) is 19.5. The Kier molecular flexibility index (Phi) is 9.11. The van der Waals surface area contributed by atoms with Crippen molar-refractivity contribution in [3.8, 4) is 0 Å². The molecule has 1 heterocycles. The molecule has 33 heavy (non-hydrogen) atoms. The zero-order valence-electron chi connectivity index (χ0n) is 19.5. The maximum atomic E-state index is 6.84. The van der Waals surface area contributed by atoms with Crippen LogP contribution in [0.5, 0.6) is 0 Å². The molecular weight excluding hydrogens is 408 g/mol. The van der Waals surface area contributed by atoms with Crippen molar-refractivity contribution < 1.29 is 14.2 Å². The minimum atomic E-state index is -0.620. The number of unbranched alkanes of at least 4 members (excludes halogenated alkanes) is 3. The standard InChI is InChI=1S/C30H36O3/c1(13-23-31-29-22-12-15-24-32-29)2-14-25-33-30(26-16-6-3-7-17-26,27-18-8-4-9-19-27)28-20-10-5-11-21-28/h3-11,16-21,29H,1-2,12-15,22-25H2. The molecule has 3 nitrogen and oxygen atoms in total. The van der Waals surface area contributed by atoms with E-state index in [1.807, 2.05) is 0 Å². The highest BCUT2D eigenvalue weighted by molar-refractivity contribution is 5.47. The first kappa shape index (κ1) is 23.7. The summed E-state index contributed by atoms with van der Waals surface area (Å²) in [6, 6.07) is 31.8. The molecule has 1 unspecified atom stereocenters. The van der Waals surface area contributed by atoms with Crippen LogP contribution in [0.15, 0.2) is 91.0 Å². The van der Waals surface area contributed by atoms with Crippen LogP contribution in [0.2, 0.25) is 0 Å². The quantitative estimate of drug-likeness (QED) is 0.220. The van der Waals surface area contributed by atoms with Crippen molar-refractivity contribution in [1.29, 1.82) is 0 Å². The number of hydrogen-bond donors (Lipinski definition) is 0. The molecule has 174 valence electrons. The predicted molar refractivity (Wildman–Crippen MR) is 133 cm³/mol. The van der Waals surface area contributed by atoms with Gasteiger partial charge in [-0.05, 0) is 48.8 Å². The van der Waals surface area contributed by atoms with E-state index >= 15 is 0 Å². The fourth-order valence-corrected chi connectivity index (χ4v) is 4.61. The highest BCUT2D eigenvalue weighted by Crippen LogP contribution is 2.40. The van der Waals surface area contributed by atoms with Crippen molar-refractivity contribution in [2.75, 3.05) is 19.8 Å². The van der Waals surface area contributed by atoms with Crippen LogP contribution in [-0.4, -0.2) is 26.1 Å². The zero-order chi connectivity index (χ0) is 22.6. The molecule has 0 N–H and O–H groups in total. The largest absolute Gasteiger partial charge is 0.361 e. The molecule has 0 aliphatic carbocycles. The van der Waals surface area contributed by atoms with Crippen LogP contribution in [0.3, 0.4) is 0 Å². The van der Waals surface area contributed by atoms with Crippen LogP contribution < -0.4 is 0 Å². The van der Waals surface area contributed by atoms with Crippen LogP contribution in [0.25, 0.3) is 0 Å². The van der Waals surface area contributed by atoms with Crippen LogP contribution in [0.1, 0.15) is 61.6 Å². The Morgan fingerprint density at radius 3 is 1.64 bits per heavy atom. The van der Waals surface area contributed by atoms with Gasteiger partial charge in [0.25, 0.3) is 0 Å². The first-order valence-corrected chi connectivity index (χ1v) is 12.4. The Bertz CT molecular complexity index is 808. The van der Waals surface area contributed by atoms with E-state index in [0.717, 1.165) is 68.4 Å². The van der Waals surface area contributed by atoms with Gasteiger partial charge in [-0.2, -0.15) is 0 Å². The third kappa shape index (κ3) is 6.32. The molecule has 3 aromatic carbocycles. The molecule has 1 saturated heterocycles. The van der Waals surface area contributed by atoms with E-state index in [4.69, 9.17) is 14.2 Å². The molecule has 0 spiro atoms. The Labute approximate surface area is 198 Å². The second-order valence-electron chi connectivity index (χ2n) is 8.71. The fourth-order valence-electron chi connectivity index (χ4n) is 4.61. The molecule has 3 heteroatoms. The highest BCUT2D eigenvalue weighted by atomic mass is 16.7. The number of hydrogen-bond acceptors (Lipinski definition) is 3. The minimum absolute atomic E-state index is 0.0188. The van der Waals surface area contributed by atoms with Crippen molar-refractivity contribution >= 4 is 0 Å². The van der Waals surface area contributed by atoms with Crippen molar-refractivity contribution in [1.82, 2.24) is 0 Å². The third-order valence-corrected chi connectivity index (χ3v) is 6.34. The van der Waals surface area contributed by atoms with Gasteiger partial charge in [-0.1, -0.05) is 104 Å². The van der Waals surface area contributed by atoms with E-state index in [0.29, 0.717) is 6.61 Å². The van der Waals surface area contributed by atoms with E-state index in [2.05, 4.69) is 91.0 Å². The summed E-state index contributed by atoms with van der Waals surface area (Å²) in [7, 11) is 0. The van der Waals surface area contributed by atoms with Gasteiger partial charge in [0.2, 0.25) is 0 Å². The van der Waals surface area contributed by atoms with Crippen LogP contribution in [0.4, 0.5) is 0 Å². The Balaban J connectivity index is 1.38. The smallest absolute Gasteiger partial charge is 0.157 e. The van der Waals surface area contributed by atoms with E-state index in [1.54, 1.807) is 0 Å². The summed E-state index contributed by atoms with van der Waals surface area (Å²) in [4.78, 5) is 0. The van der Waals surface area contributed by atoms with Crippen molar-refractivity contribution in [3.63, 3.8) is 0 Å². The van der Waals surface area contributed by atoms with Gasteiger partial charge >= 0.3 is 0 Å². The second kappa shape index (κ2) is 12.7. The molecular formula is C30H36O3. The van der Waals surface area contributed by atoms with Crippen molar-refractivity contribution in [2.45, 2.75) is 56.8 Å². The van der Waals surface area contributed by atoms with Gasteiger partial charge in [0.15, 0.2) is 6.29 Å². The Morgan fingerprint density at radius 1 is 0.636 bits per heavy atom. The highest BCUT2D eigenvalue weighted by Gasteiger charge is 2.37. The SMILES string of the molecule is c1ccc(C(OCCCCCCOC2CCCCO2)(c2ccccc2)c2ccccc2)cc1. The summed E-state index contributed by atoms with van der Waals surface area (Å²) >= 11 is 0. The Hall–Kier alpha value is -2.46. The predicted octanol–water partition coefficient (Wildman–Crippen LogP) is 7.10. The molecule has 0 bridgehead atoms. The van der Waals surface area contributed by atoms with Gasteiger partial charge in [0.1, 0.15) is 5.60 Å². The first-order chi connectivity index (χ1) is 16.4. The molecule has 1 fully saturated rings. The number of rotatable bonds is 12. The molecule has 4 rings (SSSR count). The maximum Gasteiger partial charge on any atom is 0.157 e. The van der Waals surface area contributed by atoms with E-state index < -0.39 is 5.60 Å². The molecule has 1 aliphatic rings. The van der Waals surface area contributed by atoms with Crippen molar-refractivity contribution in [2.24, 2.45) is 0 Å². The summed E-state index contributed by atoms with van der Waals surface area (Å²) in [5, 5.41) is 0. The van der Waals surface area contributed by atoms with Gasteiger partial charge in [0, 0.05) is 19.8 Å². The second-order valence-corrected chi connectivity index (χ2v) is 8.71. The third-order valence-electron chi connectivity index (χ3n) is 6.34. The number of benzene rings is 3.